The second kappa shape index (κ2) is 8.06. The fraction of sp³-hybridized carbons (Fsp3) is 0.900. The Labute approximate surface area is 91.8 Å². The lowest BCUT2D eigenvalue weighted by molar-refractivity contribution is -0.120. The highest BCUT2D eigenvalue weighted by atomic mass is 35.5. The number of nitrogens with zero attached hydrogens (tertiary/aromatic N) is 1. The molecular weight excluding hydrogens is 200 g/mol. The van der Waals surface area contributed by atoms with Gasteiger partial charge in [0.25, 0.3) is 0 Å². The second-order valence-electron chi connectivity index (χ2n) is 3.57. The van der Waals surface area contributed by atoms with Crippen molar-refractivity contribution in [3.8, 4) is 0 Å². The molecule has 0 rings (SSSR count). The van der Waals surface area contributed by atoms with E-state index in [-0.39, 0.29) is 5.91 Å². The standard InChI is InChI=1S/C10H21ClN2O/c1-4-7-13(3)9(2)8-12-10(14)5-6-11/h9H,4-8H2,1-3H3,(H,12,14). The SMILES string of the molecule is CCCN(C)C(C)CNC(=O)CCCl. The maximum atomic E-state index is 11.1. The van der Waals surface area contributed by atoms with Gasteiger partial charge in [-0.2, -0.15) is 0 Å². The van der Waals surface area contributed by atoms with Crippen molar-refractivity contribution in [3.05, 3.63) is 0 Å². The zero-order chi connectivity index (χ0) is 11.0. The van der Waals surface area contributed by atoms with Crippen LogP contribution in [0.1, 0.15) is 26.7 Å². The van der Waals surface area contributed by atoms with Crippen LogP contribution in [-0.4, -0.2) is 42.9 Å². The topological polar surface area (TPSA) is 32.3 Å². The minimum atomic E-state index is 0.0387. The molecule has 0 fully saturated rings. The normalized spacial score (nSPS) is 12.9. The van der Waals surface area contributed by atoms with Crippen molar-refractivity contribution in [2.75, 3.05) is 26.0 Å². The summed E-state index contributed by atoms with van der Waals surface area (Å²) in [5, 5.41) is 2.86. The van der Waals surface area contributed by atoms with E-state index in [1.807, 2.05) is 0 Å². The Morgan fingerprint density at radius 3 is 2.71 bits per heavy atom. The highest BCUT2D eigenvalue weighted by Gasteiger charge is 2.08. The maximum absolute atomic E-state index is 11.1. The molecule has 14 heavy (non-hydrogen) atoms. The molecule has 0 aromatic rings. The first-order valence-electron chi connectivity index (χ1n) is 5.14. The van der Waals surface area contributed by atoms with Crippen LogP contribution >= 0.6 is 11.6 Å². The number of hydrogen-bond acceptors (Lipinski definition) is 2. The fourth-order valence-electron chi connectivity index (χ4n) is 1.16. The van der Waals surface area contributed by atoms with Gasteiger partial charge in [-0.15, -0.1) is 11.6 Å². The zero-order valence-electron chi connectivity index (χ0n) is 9.35. The lowest BCUT2D eigenvalue weighted by Gasteiger charge is -2.24. The van der Waals surface area contributed by atoms with E-state index in [0.717, 1.165) is 13.0 Å². The van der Waals surface area contributed by atoms with E-state index in [9.17, 15) is 4.79 Å². The van der Waals surface area contributed by atoms with Crippen molar-refractivity contribution in [1.29, 1.82) is 0 Å². The lowest BCUT2D eigenvalue weighted by Crippen LogP contribution is -2.40. The second-order valence-corrected chi connectivity index (χ2v) is 3.95. The minimum Gasteiger partial charge on any atom is -0.355 e. The Hall–Kier alpha value is -0.280. The Balaban J connectivity index is 3.61. The molecule has 0 aromatic heterocycles. The number of nitrogens with one attached hydrogen (secondary N) is 1. The first kappa shape index (κ1) is 13.7. The first-order chi connectivity index (χ1) is 6.61. The van der Waals surface area contributed by atoms with Crippen LogP contribution in [0.4, 0.5) is 0 Å². The summed E-state index contributed by atoms with van der Waals surface area (Å²) in [7, 11) is 2.07. The van der Waals surface area contributed by atoms with Crippen molar-refractivity contribution < 1.29 is 4.79 Å². The van der Waals surface area contributed by atoms with E-state index >= 15 is 0 Å². The predicted molar refractivity (Wildman–Crippen MR) is 60.7 cm³/mol. The molecule has 1 N–H and O–H groups in total. The monoisotopic (exact) mass is 220 g/mol. The van der Waals surface area contributed by atoms with Gasteiger partial charge in [0.05, 0.1) is 0 Å². The van der Waals surface area contributed by atoms with Crippen molar-refractivity contribution in [3.63, 3.8) is 0 Å². The van der Waals surface area contributed by atoms with Crippen LogP contribution in [-0.2, 0) is 4.79 Å². The summed E-state index contributed by atoms with van der Waals surface area (Å²) in [4.78, 5) is 13.4. The molecule has 84 valence electrons. The molecule has 0 heterocycles. The molecule has 0 aliphatic heterocycles. The van der Waals surface area contributed by atoms with E-state index in [2.05, 4.69) is 31.1 Å². The van der Waals surface area contributed by atoms with Gasteiger partial charge in [0.1, 0.15) is 0 Å². The third-order valence-electron chi connectivity index (χ3n) is 2.24. The molecule has 0 saturated heterocycles. The molecule has 3 nitrogen and oxygen atoms in total. The van der Waals surface area contributed by atoms with E-state index in [1.165, 1.54) is 0 Å². The number of amides is 1. The molecule has 4 heteroatoms. The molecule has 0 saturated carbocycles. The predicted octanol–water partition coefficient (Wildman–Crippen LogP) is 1.46. The van der Waals surface area contributed by atoms with Crippen LogP contribution in [0.3, 0.4) is 0 Å². The van der Waals surface area contributed by atoms with Crippen LogP contribution in [0.2, 0.25) is 0 Å². The summed E-state index contributed by atoms with van der Waals surface area (Å²) in [5.74, 6) is 0.433. The summed E-state index contributed by atoms with van der Waals surface area (Å²) in [6, 6.07) is 0.384. The Morgan fingerprint density at radius 1 is 1.57 bits per heavy atom. The molecule has 0 spiro atoms. The summed E-state index contributed by atoms with van der Waals surface area (Å²) in [5.41, 5.74) is 0. The molecule has 0 aliphatic carbocycles. The molecule has 1 atom stereocenters. The van der Waals surface area contributed by atoms with E-state index in [4.69, 9.17) is 11.6 Å². The van der Waals surface area contributed by atoms with Crippen molar-refractivity contribution in [2.45, 2.75) is 32.7 Å². The fourth-order valence-corrected chi connectivity index (χ4v) is 1.34. The van der Waals surface area contributed by atoms with Crippen molar-refractivity contribution >= 4 is 17.5 Å². The van der Waals surface area contributed by atoms with Crippen LogP contribution < -0.4 is 5.32 Å². The van der Waals surface area contributed by atoms with Crippen LogP contribution in [0.15, 0.2) is 0 Å². The van der Waals surface area contributed by atoms with Gasteiger partial charge in [-0.3, -0.25) is 4.79 Å². The van der Waals surface area contributed by atoms with Gasteiger partial charge in [0.15, 0.2) is 0 Å². The van der Waals surface area contributed by atoms with E-state index in [0.29, 0.717) is 24.9 Å². The highest BCUT2D eigenvalue weighted by molar-refractivity contribution is 6.18. The van der Waals surface area contributed by atoms with Gasteiger partial charge in [-0.1, -0.05) is 6.92 Å². The smallest absolute Gasteiger partial charge is 0.221 e. The largest absolute Gasteiger partial charge is 0.355 e. The number of likely N-dealkylation sites (N-methyl/N-ethyl adjacent to an activating group) is 1. The van der Waals surface area contributed by atoms with E-state index in [1.54, 1.807) is 0 Å². The van der Waals surface area contributed by atoms with Crippen LogP contribution in [0, 0.1) is 0 Å². The van der Waals surface area contributed by atoms with E-state index < -0.39 is 0 Å². The van der Waals surface area contributed by atoms with Gasteiger partial charge in [-0.05, 0) is 26.9 Å². The summed E-state index contributed by atoms with van der Waals surface area (Å²) in [6.45, 7) is 6.02. The Morgan fingerprint density at radius 2 is 2.21 bits per heavy atom. The Bertz CT molecular complexity index is 164. The molecule has 1 unspecified atom stereocenters. The lowest BCUT2D eigenvalue weighted by atomic mass is 10.2. The number of carbonyl (C=O) groups excluding carboxylic acids is 1. The third kappa shape index (κ3) is 6.22. The number of rotatable bonds is 7. The zero-order valence-corrected chi connectivity index (χ0v) is 10.1. The first-order valence-corrected chi connectivity index (χ1v) is 5.68. The van der Waals surface area contributed by atoms with Gasteiger partial charge in [-0.25, -0.2) is 0 Å². The average Bonchev–Trinajstić information content (AvgIpc) is 2.15. The number of carbonyl (C=O) groups is 1. The average molecular weight is 221 g/mol. The molecule has 1 amide bonds. The molecule has 0 bridgehead atoms. The molecular formula is C10H21ClN2O. The number of halogens is 1. The molecule has 0 aromatic carbocycles. The molecule has 0 aliphatic rings. The van der Waals surface area contributed by atoms with Crippen molar-refractivity contribution in [2.24, 2.45) is 0 Å². The van der Waals surface area contributed by atoms with Gasteiger partial charge in [0, 0.05) is 24.9 Å². The van der Waals surface area contributed by atoms with Gasteiger partial charge >= 0.3 is 0 Å². The summed E-state index contributed by atoms with van der Waals surface area (Å²) in [6.07, 6.45) is 1.54. The van der Waals surface area contributed by atoms with Crippen molar-refractivity contribution in [1.82, 2.24) is 10.2 Å². The highest BCUT2D eigenvalue weighted by Crippen LogP contribution is 1.95. The molecule has 0 radical (unpaired) electrons. The van der Waals surface area contributed by atoms with Gasteiger partial charge in [0.2, 0.25) is 5.91 Å². The third-order valence-corrected chi connectivity index (χ3v) is 2.43. The minimum absolute atomic E-state index is 0.0387. The number of hydrogen-bond donors (Lipinski definition) is 1. The number of alkyl halides is 1. The summed E-state index contributed by atoms with van der Waals surface area (Å²) >= 11 is 5.45. The van der Waals surface area contributed by atoms with Gasteiger partial charge < -0.3 is 10.2 Å². The summed E-state index contributed by atoms with van der Waals surface area (Å²) < 4.78 is 0. The van der Waals surface area contributed by atoms with Crippen LogP contribution in [0.25, 0.3) is 0 Å². The quantitative estimate of drug-likeness (QED) is 0.659. The van der Waals surface area contributed by atoms with Crippen LogP contribution in [0.5, 0.6) is 0 Å². The Kier molecular flexibility index (Phi) is 7.90. The maximum Gasteiger partial charge on any atom is 0.221 e.